The standard InChI is InChI=1S/C23H32N6O6S2/c1-13(30)27-16(7-8-20-28-15-5-3-4-6-18(15)37-20)23(34)29-17(10-24)22(33)26-12-19(31)25-11-14(36)9-21(32)35-2/h3-6,14,16-17,36H,7-12,24H2,1-2H3,(H,25,31)(H,26,33)(H,27,30)(H,29,34)/t14-,16+,17+/m1/s1. The first-order chi connectivity index (χ1) is 17.6. The average molecular weight is 553 g/mol. The lowest BCUT2D eigenvalue weighted by molar-refractivity contribution is -0.140. The van der Waals surface area contributed by atoms with Gasteiger partial charge in [0.15, 0.2) is 0 Å². The Hall–Kier alpha value is -3.23. The molecule has 202 valence electrons. The number of aromatic nitrogens is 1. The van der Waals surface area contributed by atoms with Gasteiger partial charge < -0.3 is 31.7 Å². The zero-order chi connectivity index (χ0) is 27.4. The molecule has 0 unspecified atom stereocenters. The number of hydrogen-bond donors (Lipinski definition) is 6. The van der Waals surface area contributed by atoms with Crippen LogP contribution in [0.25, 0.3) is 10.2 Å². The average Bonchev–Trinajstić information content (AvgIpc) is 3.29. The van der Waals surface area contributed by atoms with Crippen LogP contribution in [0.1, 0.15) is 24.8 Å². The Morgan fingerprint density at radius 1 is 1.08 bits per heavy atom. The number of amides is 4. The fraction of sp³-hybridized carbons (Fsp3) is 0.478. The highest BCUT2D eigenvalue weighted by Crippen LogP contribution is 2.22. The Morgan fingerprint density at radius 2 is 1.81 bits per heavy atom. The van der Waals surface area contributed by atoms with E-state index in [0.717, 1.165) is 15.2 Å². The molecule has 0 spiro atoms. The van der Waals surface area contributed by atoms with E-state index in [0.29, 0.717) is 6.42 Å². The molecule has 0 radical (unpaired) electrons. The number of thiazole rings is 1. The highest BCUT2D eigenvalue weighted by atomic mass is 32.1. The summed E-state index contributed by atoms with van der Waals surface area (Å²) in [5.74, 6) is -2.60. The lowest BCUT2D eigenvalue weighted by atomic mass is 10.1. The second-order valence-electron chi connectivity index (χ2n) is 8.12. The van der Waals surface area contributed by atoms with E-state index in [1.165, 1.54) is 25.4 Å². The molecule has 3 atom stereocenters. The molecule has 0 aliphatic carbocycles. The molecule has 0 saturated carbocycles. The van der Waals surface area contributed by atoms with Crippen molar-refractivity contribution in [3.63, 3.8) is 0 Å². The third kappa shape index (κ3) is 10.3. The summed E-state index contributed by atoms with van der Waals surface area (Å²) < 4.78 is 5.56. The smallest absolute Gasteiger partial charge is 0.306 e. The van der Waals surface area contributed by atoms with E-state index in [2.05, 4.69) is 43.6 Å². The lowest BCUT2D eigenvalue weighted by Crippen LogP contribution is -2.56. The van der Waals surface area contributed by atoms with E-state index in [-0.39, 0.29) is 32.5 Å². The van der Waals surface area contributed by atoms with E-state index >= 15 is 0 Å². The first kappa shape index (κ1) is 30.0. The van der Waals surface area contributed by atoms with Crippen LogP contribution in [-0.2, 0) is 35.1 Å². The van der Waals surface area contributed by atoms with Crippen molar-refractivity contribution in [1.29, 1.82) is 0 Å². The molecular formula is C23H32N6O6S2. The van der Waals surface area contributed by atoms with Crippen molar-refractivity contribution in [2.45, 2.75) is 43.5 Å². The number of esters is 1. The van der Waals surface area contributed by atoms with E-state index in [1.807, 2.05) is 24.3 Å². The fourth-order valence-electron chi connectivity index (χ4n) is 3.25. The normalized spacial score (nSPS) is 13.2. The molecule has 12 nitrogen and oxygen atoms in total. The number of para-hydroxylation sites is 1. The highest BCUT2D eigenvalue weighted by molar-refractivity contribution is 7.81. The van der Waals surface area contributed by atoms with E-state index in [4.69, 9.17) is 5.73 Å². The monoisotopic (exact) mass is 552 g/mol. The molecule has 1 aromatic carbocycles. The number of ether oxygens (including phenoxy) is 1. The van der Waals surface area contributed by atoms with E-state index in [1.54, 1.807) is 0 Å². The van der Waals surface area contributed by atoms with Gasteiger partial charge in [0.25, 0.3) is 0 Å². The van der Waals surface area contributed by atoms with Gasteiger partial charge in [0.1, 0.15) is 12.1 Å². The van der Waals surface area contributed by atoms with Gasteiger partial charge in [0.05, 0.1) is 35.3 Å². The van der Waals surface area contributed by atoms with Gasteiger partial charge in [-0.3, -0.25) is 24.0 Å². The summed E-state index contributed by atoms with van der Waals surface area (Å²) in [6.07, 6.45) is 0.727. The number of thiol groups is 1. The molecule has 0 saturated heterocycles. The topological polar surface area (TPSA) is 182 Å². The lowest BCUT2D eigenvalue weighted by Gasteiger charge is -2.22. The molecule has 2 aromatic rings. The number of nitrogens with zero attached hydrogens (tertiary/aromatic N) is 1. The van der Waals surface area contributed by atoms with Gasteiger partial charge in [-0.05, 0) is 18.6 Å². The summed E-state index contributed by atoms with van der Waals surface area (Å²) in [5, 5.41) is 10.4. The number of nitrogens with two attached hydrogens (primary N) is 1. The van der Waals surface area contributed by atoms with Crippen LogP contribution in [0.3, 0.4) is 0 Å². The maximum atomic E-state index is 12.9. The van der Waals surface area contributed by atoms with Crippen molar-refractivity contribution in [3.05, 3.63) is 29.3 Å². The first-order valence-corrected chi connectivity index (χ1v) is 12.9. The zero-order valence-electron chi connectivity index (χ0n) is 20.6. The largest absolute Gasteiger partial charge is 0.469 e. The molecular weight excluding hydrogens is 520 g/mol. The van der Waals surface area contributed by atoms with Crippen LogP contribution in [0.15, 0.2) is 24.3 Å². The highest BCUT2D eigenvalue weighted by Gasteiger charge is 2.26. The van der Waals surface area contributed by atoms with Gasteiger partial charge in [-0.25, -0.2) is 4.98 Å². The molecule has 0 aliphatic rings. The van der Waals surface area contributed by atoms with Gasteiger partial charge in [-0.15, -0.1) is 11.3 Å². The molecule has 37 heavy (non-hydrogen) atoms. The van der Waals surface area contributed by atoms with Gasteiger partial charge in [0.2, 0.25) is 23.6 Å². The summed E-state index contributed by atoms with van der Waals surface area (Å²) in [6, 6.07) is 5.65. The quantitative estimate of drug-likeness (QED) is 0.131. The number of nitrogens with one attached hydrogen (secondary N) is 4. The molecule has 14 heteroatoms. The van der Waals surface area contributed by atoms with Crippen LogP contribution in [0, 0.1) is 0 Å². The van der Waals surface area contributed by atoms with Crippen LogP contribution in [-0.4, -0.2) is 78.7 Å². The Morgan fingerprint density at radius 3 is 2.46 bits per heavy atom. The van der Waals surface area contributed by atoms with Crippen LogP contribution >= 0.6 is 24.0 Å². The fourth-order valence-corrected chi connectivity index (χ4v) is 4.47. The molecule has 1 aromatic heterocycles. The summed E-state index contributed by atoms with van der Waals surface area (Å²) in [4.78, 5) is 64.8. The van der Waals surface area contributed by atoms with Crippen LogP contribution in [0.2, 0.25) is 0 Å². The van der Waals surface area contributed by atoms with Crippen LogP contribution in [0.5, 0.6) is 0 Å². The molecule has 6 N–H and O–H groups in total. The second-order valence-corrected chi connectivity index (χ2v) is 9.97. The van der Waals surface area contributed by atoms with E-state index < -0.39 is 46.9 Å². The maximum Gasteiger partial charge on any atom is 0.306 e. The number of hydrogen-bond acceptors (Lipinski definition) is 10. The number of rotatable bonds is 14. The Bertz CT molecular complexity index is 1080. The molecule has 2 rings (SSSR count). The van der Waals surface area contributed by atoms with Crippen molar-refractivity contribution < 1.29 is 28.7 Å². The van der Waals surface area contributed by atoms with Crippen molar-refractivity contribution in [2.24, 2.45) is 5.73 Å². The van der Waals surface area contributed by atoms with Gasteiger partial charge in [-0.2, -0.15) is 12.6 Å². The summed E-state index contributed by atoms with van der Waals surface area (Å²) in [6.45, 7) is 0.805. The number of methoxy groups -OCH3 is 1. The predicted octanol–water partition coefficient (Wildman–Crippen LogP) is -0.729. The van der Waals surface area contributed by atoms with Gasteiger partial charge in [0, 0.05) is 31.7 Å². The number of benzene rings is 1. The molecule has 1 heterocycles. The molecule has 0 bridgehead atoms. The number of carbonyl (C=O) groups is 5. The van der Waals surface area contributed by atoms with Crippen LogP contribution in [0.4, 0.5) is 0 Å². The van der Waals surface area contributed by atoms with Crippen molar-refractivity contribution >= 4 is 63.8 Å². The van der Waals surface area contributed by atoms with E-state index in [9.17, 15) is 24.0 Å². The minimum atomic E-state index is -1.11. The minimum absolute atomic E-state index is 0.0158. The Labute approximate surface area is 223 Å². The Balaban J connectivity index is 1.86. The predicted molar refractivity (Wildman–Crippen MR) is 142 cm³/mol. The van der Waals surface area contributed by atoms with Gasteiger partial charge in [-0.1, -0.05) is 12.1 Å². The third-order valence-electron chi connectivity index (χ3n) is 5.14. The van der Waals surface area contributed by atoms with Crippen molar-refractivity contribution in [3.8, 4) is 0 Å². The molecule has 0 aliphatic heterocycles. The number of carbonyl (C=O) groups excluding carboxylic acids is 5. The summed E-state index contributed by atoms with van der Waals surface area (Å²) >= 11 is 5.69. The third-order valence-corrected chi connectivity index (χ3v) is 6.60. The Kier molecular flexibility index (Phi) is 12.3. The zero-order valence-corrected chi connectivity index (χ0v) is 22.3. The summed E-state index contributed by atoms with van der Waals surface area (Å²) in [7, 11) is 1.25. The number of aryl methyl sites for hydroxylation is 1. The van der Waals surface area contributed by atoms with Crippen molar-refractivity contribution in [2.75, 3.05) is 26.7 Å². The molecule has 4 amide bonds. The van der Waals surface area contributed by atoms with Crippen LogP contribution < -0.4 is 27.0 Å². The SMILES string of the molecule is COC(=O)C[C@@H](S)CNC(=O)CNC(=O)[C@H](CN)NC(=O)[C@H](CCc1nc2ccccc2s1)NC(C)=O. The second kappa shape index (κ2) is 15.1. The van der Waals surface area contributed by atoms with Crippen molar-refractivity contribution in [1.82, 2.24) is 26.3 Å². The first-order valence-electron chi connectivity index (χ1n) is 11.5. The van der Waals surface area contributed by atoms with Gasteiger partial charge >= 0.3 is 5.97 Å². The molecule has 0 fully saturated rings. The number of fused-ring (bicyclic) bond motifs is 1. The summed E-state index contributed by atoms with van der Waals surface area (Å²) in [5.41, 5.74) is 6.53. The minimum Gasteiger partial charge on any atom is -0.469 e. The maximum absolute atomic E-state index is 12.9.